The number of aryl methyl sites for hydroxylation is 2. The van der Waals surface area contributed by atoms with Gasteiger partial charge >= 0.3 is 0 Å². The van der Waals surface area contributed by atoms with Crippen molar-refractivity contribution in [2.24, 2.45) is 5.92 Å². The van der Waals surface area contributed by atoms with E-state index in [-0.39, 0.29) is 5.78 Å². The Morgan fingerprint density at radius 3 is 2.45 bits per heavy atom. The first-order chi connectivity index (χ1) is 16.1. The van der Waals surface area contributed by atoms with Gasteiger partial charge in [-0.2, -0.15) is 0 Å². The molecule has 2 bridgehead atoms. The fraction of sp³-hybridized carbons (Fsp3) is 0.483. The van der Waals surface area contributed by atoms with Gasteiger partial charge in [-0.05, 0) is 63.4 Å². The van der Waals surface area contributed by atoms with Crippen molar-refractivity contribution in [3.8, 4) is 0 Å². The topological polar surface area (TPSA) is 25.2 Å². The van der Waals surface area contributed by atoms with Crippen LogP contribution in [0.5, 0.6) is 0 Å². The minimum absolute atomic E-state index is 0.155. The van der Waals surface area contributed by atoms with E-state index < -0.39 is 0 Å². The zero-order valence-electron chi connectivity index (χ0n) is 20.2. The van der Waals surface area contributed by atoms with Crippen LogP contribution >= 0.6 is 0 Å². The molecule has 0 spiro atoms. The summed E-state index contributed by atoms with van der Waals surface area (Å²) in [5.41, 5.74) is 4.78. The summed E-state index contributed by atoms with van der Waals surface area (Å²) in [6, 6.07) is 18.8. The summed E-state index contributed by atoms with van der Waals surface area (Å²) in [4.78, 5) is 15.1. The number of aromatic nitrogens is 1. The Bertz CT molecular complexity index is 1090. The highest BCUT2D eigenvalue weighted by molar-refractivity contribution is 6.55. The highest BCUT2D eigenvalue weighted by Gasteiger charge is 2.39. The SMILES string of the molecule is C[B]c1cccc2c(C(C)=O)cn(CCCN3[C@@H]4CC[C@H]3CC(CCc3ccccc3)C4)c12. The molecule has 171 valence electrons. The lowest BCUT2D eigenvalue weighted by atomic mass is 9.72. The van der Waals surface area contributed by atoms with Gasteiger partial charge in [-0.3, -0.25) is 9.69 Å². The lowest BCUT2D eigenvalue weighted by Crippen LogP contribution is -2.43. The van der Waals surface area contributed by atoms with Crippen molar-refractivity contribution in [3.05, 3.63) is 65.9 Å². The average molecular weight is 439 g/mol. The Morgan fingerprint density at radius 1 is 1.00 bits per heavy atom. The van der Waals surface area contributed by atoms with Crippen LogP contribution in [-0.2, 0) is 13.0 Å². The van der Waals surface area contributed by atoms with E-state index in [0.29, 0.717) is 0 Å². The van der Waals surface area contributed by atoms with Gasteiger partial charge in [0.2, 0.25) is 0 Å². The van der Waals surface area contributed by atoms with Crippen molar-refractivity contribution >= 4 is 29.4 Å². The van der Waals surface area contributed by atoms with Crippen LogP contribution in [0.1, 0.15) is 61.4 Å². The zero-order chi connectivity index (χ0) is 22.8. The maximum absolute atomic E-state index is 12.2. The van der Waals surface area contributed by atoms with Gasteiger partial charge in [0.1, 0.15) is 0 Å². The molecule has 2 aliphatic rings. The standard InChI is InChI=1S/C29H36BN2O/c1-21(33)27-20-31(29-26(27)10-6-11-28(29)30-2)16-7-17-32-24-14-15-25(32)19-23(18-24)13-12-22-8-4-3-5-9-22/h3-6,8-11,20,23-25H,7,12-19H2,1-2H3/t23?,24-,25+. The van der Waals surface area contributed by atoms with E-state index in [1.807, 2.05) is 0 Å². The number of piperidine rings is 1. The number of benzene rings is 2. The summed E-state index contributed by atoms with van der Waals surface area (Å²) in [6.45, 7) is 5.91. The van der Waals surface area contributed by atoms with Gasteiger partial charge in [-0.15, -0.1) is 0 Å². The second kappa shape index (κ2) is 9.89. The summed E-state index contributed by atoms with van der Waals surface area (Å²) in [5.74, 6) is 1.04. The summed E-state index contributed by atoms with van der Waals surface area (Å²) in [6.07, 6.45) is 11.3. The number of para-hydroxylation sites is 1. The number of fused-ring (bicyclic) bond motifs is 3. The smallest absolute Gasteiger partial charge is 0.161 e. The first-order valence-corrected chi connectivity index (χ1v) is 12.9. The molecule has 3 heterocycles. The van der Waals surface area contributed by atoms with Gasteiger partial charge in [0.15, 0.2) is 13.1 Å². The van der Waals surface area contributed by atoms with E-state index in [1.165, 1.54) is 61.6 Å². The molecule has 4 heteroatoms. The van der Waals surface area contributed by atoms with E-state index >= 15 is 0 Å². The number of hydrogen-bond donors (Lipinski definition) is 0. The third-order valence-corrected chi connectivity index (χ3v) is 8.10. The number of carbonyl (C=O) groups is 1. The molecule has 3 nitrogen and oxygen atoms in total. The maximum atomic E-state index is 12.2. The average Bonchev–Trinajstić information content (AvgIpc) is 3.32. The van der Waals surface area contributed by atoms with Crippen molar-refractivity contribution in [2.45, 2.75) is 77.3 Å². The predicted octanol–water partition coefficient (Wildman–Crippen LogP) is 5.49. The minimum Gasteiger partial charge on any atom is -0.347 e. The van der Waals surface area contributed by atoms with Crippen molar-refractivity contribution in [1.82, 2.24) is 9.47 Å². The molecule has 2 saturated heterocycles. The number of rotatable bonds is 9. The van der Waals surface area contributed by atoms with Crippen LogP contribution in [0.3, 0.4) is 0 Å². The van der Waals surface area contributed by atoms with E-state index in [4.69, 9.17) is 0 Å². The molecule has 0 saturated carbocycles. The molecule has 2 fully saturated rings. The van der Waals surface area contributed by atoms with Crippen LogP contribution in [0.15, 0.2) is 54.7 Å². The molecule has 33 heavy (non-hydrogen) atoms. The fourth-order valence-electron chi connectivity index (χ4n) is 6.51. The number of carbonyl (C=O) groups excluding carboxylic acids is 1. The van der Waals surface area contributed by atoms with Gasteiger partial charge in [0.25, 0.3) is 0 Å². The number of Topliss-reactive ketones (excluding diaryl/α,β-unsaturated/α-hetero) is 1. The number of ketones is 1. The molecule has 2 aliphatic heterocycles. The Hall–Kier alpha value is -2.33. The third kappa shape index (κ3) is 4.68. The highest BCUT2D eigenvalue weighted by atomic mass is 16.1. The Balaban J connectivity index is 1.20. The van der Waals surface area contributed by atoms with Gasteiger partial charge in [0, 0.05) is 47.8 Å². The third-order valence-electron chi connectivity index (χ3n) is 8.10. The molecule has 5 rings (SSSR count). The van der Waals surface area contributed by atoms with Crippen LogP contribution in [0.25, 0.3) is 10.9 Å². The molecule has 1 radical (unpaired) electrons. The largest absolute Gasteiger partial charge is 0.347 e. The number of nitrogens with zero attached hydrogens (tertiary/aromatic N) is 2. The monoisotopic (exact) mass is 439 g/mol. The lowest BCUT2D eigenvalue weighted by molar-refractivity contribution is 0.0978. The number of hydrogen-bond acceptors (Lipinski definition) is 2. The first kappa shape index (κ1) is 22.5. The van der Waals surface area contributed by atoms with Crippen molar-refractivity contribution in [3.63, 3.8) is 0 Å². The quantitative estimate of drug-likeness (QED) is 0.326. The van der Waals surface area contributed by atoms with Gasteiger partial charge in [-0.1, -0.05) is 60.8 Å². The molecular weight excluding hydrogens is 403 g/mol. The molecule has 3 aromatic rings. The van der Waals surface area contributed by atoms with Crippen LogP contribution in [0.4, 0.5) is 0 Å². The van der Waals surface area contributed by atoms with Crippen LogP contribution < -0.4 is 5.46 Å². The van der Waals surface area contributed by atoms with Crippen LogP contribution in [0, 0.1) is 5.92 Å². The van der Waals surface area contributed by atoms with Crippen LogP contribution in [-0.4, -0.2) is 41.2 Å². The van der Waals surface area contributed by atoms with Gasteiger partial charge in [0.05, 0.1) is 0 Å². The normalized spacial score (nSPS) is 22.7. The summed E-state index contributed by atoms with van der Waals surface area (Å²) < 4.78 is 2.33. The molecule has 2 aromatic carbocycles. The molecule has 1 unspecified atom stereocenters. The first-order valence-electron chi connectivity index (χ1n) is 12.9. The summed E-state index contributed by atoms with van der Waals surface area (Å²) >= 11 is 0. The molecular formula is C29H36BN2O. The Labute approximate surface area is 199 Å². The van der Waals surface area contributed by atoms with E-state index in [2.05, 4.69) is 78.3 Å². The lowest BCUT2D eigenvalue weighted by Gasteiger charge is -2.39. The summed E-state index contributed by atoms with van der Waals surface area (Å²) in [5, 5.41) is 1.09. The Kier molecular flexibility index (Phi) is 6.73. The van der Waals surface area contributed by atoms with Crippen molar-refractivity contribution < 1.29 is 4.79 Å². The van der Waals surface area contributed by atoms with Gasteiger partial charge < -0.3 is 4.57 Å². The molecule has 0 aliphatic carbocycles. The van der Waals surface area contributed by atoms with Crippen LogP contribution in [0.2, 0.25) is 6.82 Å². The molecule has 3 atom stereocenters. The second-order valence-corrected chi connectivity index (χ2v) is 10.2. The molecule has 0 amide bonds. The zero-order valence-corrected chi connectivity index (χ0v) is 20.2. The summed E-state index contributed by atoms with van der Waals surface area (Å²) in [7, 11) is 2.16. The molecule has 0 N–H and O–H groups in total. The fourth-order valence-corrected chi connectivity index (χ4v) is 6.51. The minimum atomic E-state index is 0.155. The van der Waals surface area contributed by atoms with E-state index in [9.17, 15) is 4.79 Å². The van der Waals surface area contributed by atoms with Gasteiger partial charge in [-0.25, -0.2) is 0 Å². The predicted molar refractivity (Wildman–Crippen MR) is 139 cm³/mol. The Morgan fingerprint density at radius 2 is 1.76 bits per heavy atom. The van der Waals surface area contributed by atoms with Crippen molar-refractivity contribution in [2.75, 3.05) is 6.54 Å². The highest BCUT2D eigenvalue weighted by Crippen LogP contribution is 2.40. The van der Waals surface area contributed by atoms with E-state index in [1.54, 1.807) is 6.92 Å². The second-order valence-electron chi connectivity index (χ2n) is 10.2. The van der Waals surface area contributed by atoms with Crippen molar-refractivity contribution in [1.29, 1.82) is 0 Å². The maximum Gasteiger partial charge on any atom is 0.161 e. The van der Waals surface area contributed by atoms with E-state index in [0.717, 1.165) is 41.9 Å². The molecule has 1 aromatic heterocycles.